The van der Waals surface area contributed by atoms with Crippen LogP contribution < -0.4 is 0 Å². The fraction of sp³-hybridized carbons (Fsp3) is 0.364. The largest absolute Gasteiger partial charge is 0.481 e. The van der Waals surface area contributed by atoms with Crippen molar-refractivity contribution in [3.8, 4) is 0 Å². The number of benzene rings is 1. The number of hydrogen-bond donors (Lipinski definition) is 4. The molecule has 0 unspecified atom stereocenters. The summed E-state index contributed by atoms with van der Waals surface area (Å²) in [6.45, 7) is 1.59. The zero-order valence-corrected chi connectivity index (χ0v) is 19.7. The lowest BCUT2D eigenvalue weighted by Gasteiger charge is -2.33. The molecule has 10 nitrogen and oxygen atoms in total. The summed E-state index contributed by atoms with van der Waals surface area (Å²) >= 11 is 8.07. The van der Waals surface area contributed by atoms with E-state index in [1.807, 2.05) is 24.3 Å². The van der Waals surface area contributed by atoms with E-state index in [0.29, 0.717) is 5.02 Å². The van der Waals surface area contributed by atoms with E-state index < -0.39 is 42.4 Å². The standard InChI is InChI=1S/C16H16ClNO2S.C6H8O7/c1-20-16(19)15(12-4-2-3-5-13(12)17)18-8-6-14-11(10-18)7-9-21-14;7-3(8)1-6(13,5(11)12)2-4(9)10/h2-5,7,9,15H,6,8,10H2,1H3;13H,1-2H2,(H,7,8)(H,9,10)(H,11,12)/t15-;/m0./s1. The van der Waals surface area contributed by atoms with Crippen molar-refractivity contribution >= 4 is 46.8 Å². The van der Waals surface area contributed by atoms with Crippen LogP contribution in [0, 0.1) is 0 Å². The van der Waals surface area contributed by atoms with Gasteiger partial charge >= 0.3 is 23.9 Å². The van der Waals surface area contributed by atoms with E-state index in [4.69, 9.17) is 36.8 Å². The Bertz CT molecular complexity index is 1040. The van der Waals surface area contributed by atoms with Gasteiger partial charge in [-0.15, -0.1) is 11.3 Å². The first kappa shape index (κ1) is 27.3. The SMILES string of the molecule is COC(=O)[C@H](c1ccccc1Cl)N1CCc2sccc2C1.O=C(O)CC(O)(CC(=O)O)C(=O)O. The average molecular weight is 514 g/mol. The number of aliphatic carboxylic acids is 3. The Morgan fingerprint density at radius 1 is 1.12 bits per heavy atom. The normalized spacial score (nSPS) is 14.2. The monoisotopic (exact) mass is 513 g/mol. The maximum atomic E-state index is 12.3. The first-order valence-electron chi connectivity index (χ1n) is 9.99. The third-order valence-corrected chi connectivity index (χ3v) is 6.48. The third kappa shape index (κ3) is 7.00. The highest BCUT2D eigenvalue weighted by Crippen LogP contribution is 2.33. The van der Waals surface area contributed by atoms with Crippen LogP contribution in [0.1, 0.15) is 34.9 Å². The Kier molecular flexibility index (Phi) is 9.56. The molecule has 34 heavy (non-hydrogen) atoms. The van der Waals surface area contributed by atoms with Crippen LogP contribution in [-0.2, 0) is 36.9 Å². The van der Waals surface area contributed by atoms with E-state index in [-0.39, 0.29) is 5.97 Å². The van der Waals surface area contributed by atoms with Crippen LogP contribution >= 0.6 is 22.9 Å². The first-order chi connectivity index (χ1) is 16.0. The minimum absolute atomic E-state index is 0.262. The Hall–Kier alpha value is -2.99. The van der Waals surface area contributed by atoms with Gasteiger partial charge in [0.1, 0.15) is 6.04 Å². The van der Waals surface area contributed by atoms with Gasteiger partial charge in [-0.25, -0.2) is 9.59 Å². The van der Waals surface area contributed by atoms with Crippen LogP contribution in [0.15, 0.2) is 35.7 Å². The molecule has 0 amide bonds. The highest BCUT2D eigenvalue weighted by atomic mass is 35.5. The summed E-state index contributed by atoms with van der Waals surface area (Å²) in [5, 5.41) is 36.5. The molecule has 2 aromatic rings. The molecule has 1 atom stereocenters. The highest BCUT2D eigenvalue weighted by molar-refractivity contribution is 7.10. The van der Waals surface area contributed by atoms with Gasteiger partial charge in [0, 0.05) is 23.0 Å². The van der Waals surface area contributed by atoms with Crippen molar-refractivity contribution in [1.29, 1.82) is 0 Å². The zero-order valence-electron chi connectivity index (χ0n) is 18.1. The summed E-state index contributed by atoms with van der Waals surface area (Å²) in [6, 6.07) is 9.16. The maximum absolute atomic E-state index is 12.3. The van der Waals surface area contributed by atoms with Crippen molar-refractivity contribution < 1.29 is 44.3 Å². The number of aliphatic hydroxyl groups is 1. The van der Waals surface area contributed by atoms with E-state index in [2.05, 4.69) is 16.3 Å². The third-order valence-electron chi connectivity index (χ3n) is 5.11. The number of carboxylic acid groups (broad SMARTS) is 3. The number of halogens is 1. The van der Waals surface area contributed by atoms with E-state index >= 15 is 0 Å². The predicted molar refractivity (Wildman–Crippen MR) is 122 cm³/mol. The summed E-state index contributed by atoms with van der Waals surface area (Å²) in [4.78, 5) is 46.3. The molecule has 1 aromatic carbocycles. The predicted octanol–water partition coefficient (Wildman–Crippen LogP) is 2.43. The minimum atomic E-state index is -2.74. The van der Waals surface area contributed by atoms with Gasteiger partial charge in [-0.05, 0) is 35.1 Å². The number of carbonyl (C=O) groups excluding carboxylic acids is 1. The number of carbonyl (C=O) groups is 4. The number of fused-ring (bicyclic) bond motifs is 1. The summed E-state index contributed by atoms with van der Waals surface area (Å²) < 4.78 is 5.01. The molecule has 0 radical (unpaired) electrons. The molecule has 0 saturated heterocycles. The van der Waals surface area contributed by atoms with Crippen LogP contribution in [0.25, 0.3) is 0 Å². The van der Waals surface area contributed by atoms with Gasteiger partial charge in [0.2, 0.25) is 0 Å². The molecule has 0 fully saturated rings. The van der Waals surface area contributed by atoms with Crippen molar-refractivity contribution in [2.24, 2.45) is 0 Å². The lowest BCUT2D eigenvalue weighted by Crippen LogP contribution is -2.42. The zero-order chi connectivity index (χ0) is 25.5. The fourth-order valence-electron chi connectivity index (χ4n) is 3.49. The Balaban J connectivity index is 0.000000273. The number of rotatable bonds is 8. The van der Waals surface area contributed by atoms with Gasteiger partial charge in [-0.1, -0.05) is 29.8 Å². The lowest BCUT2D eigenvalue weighted by molar-refractivity contribution is -0.170. The van der Waals surface area contributed by atoms with Crippen LogP contribution in [-0.4, -0.2) is 68.5 Å². The molecule has 0 bridgehead atoms. The molecule has 2 heterocycles. The second-order valence-corrected chi connectivity index (χ2v) is 8.92. The van der Waals surface area contributed by atoms with E-state index in [0.717, 1.165) is 25.1 Å². The van der Waals surface area contributed by atoms with Gasteiger partial charge in [-0.3, -0.25) is 14.5 Å². The van der Waals surface area contributed by atoms with Crippen molar-refractivity contribution in [1.82, 2.24) is 4.90 Å². The number of thiophene rings is 1. The fourth-order valence-corrected chi connectivity index (χ4v) is 4.61. The smallest absolute Gasteiger partial charge is 0.336 e. The second kappa shape index (κ2) is 11.9. The number of esters is 1. The molecule has 0 aliphatic carbocycles. The second-order valence-electron chi connectivity index (χ2n) is 7.51. The van der Waals surface area contributed by atoms with Crippen molar-refractivity contribution in [2.75, 3.05) is 13.7 Å². The van der Waals surface area contributed by atoms with Gasteiger partial charge in [-0.2, -0.15) is 0 Å². The highest BCUT2D eigenvalue weighted by Gasteiger charge is 2.40. The Morgan fingerprint density at radius 3 is 2.26 bits per heavy atom. The summed E-state index contributed by atoms with van der Waals surface area (Å²) in [7, 11) is 1.42. The molecule has 1 aliphatic heterocycles. The quantitative estimate of drug-likeness (QED) is 0.385. The Morgan fingerprint density at radius 2 is 1.74 bits per heavy atom. The summed E-state index contributed by atoms with van der Waals surface area (Å²) in [6.07, 6.45) is -1.33. The van der Waals surface area contributed by atoms with Crippen molar-refractivity contribution in [3.63, 3.8) is 0 Å². The molecule has 12 heteroatoms. The summed E-state index contributed by atoms with van der Waals surface area (Å²) in [5.41, 5.74) is -0.630. The summed E-state index contributed by atoms with van der Waals surface area (Å²) in [5.74, 6) is -5.28. The number of methoxy groups -OCH3 is 1. The van der Waals surface area contributed by atoms with Crippen LogP contribution in [0.4, 0.5) is 0 Å². The van der Waals surface area contributed by atoms with Gasteiger partial charge in [0.15, 0.2) is 5.60 Å². The number of nitrogens with zero attached hydrogens (tertiary/aromatic N) is 1. The molecule has 3 rings (SSSR count). The number of ether oxygens (including phenoxy) is 1. The molecule has 0 spiro atoms. The molecule has 1 aliphatic rings. The van der Waals surface area contributed by atoms with Crippen LogP contribution in [0.5, 0.6) is 0 Å². The molecular weight excluding hydrogens is 490 g/mol. The Labute approximate surface area is 204 Å². The maximum Gasteiger partial charge on any atom is 0.336 e. The number of carboxylic acids is 3. The van der Waals surface area contributed by atoms with Gasteiger partial charge in [0.25, 0.3) is 0 Å². The lowest BCUT2D eigenvalue weighted by atomic mass is 9.96. The molecule has 184 valence electrons. The average Bonchev–Trinajstić information content (AvgIpc) is 3.22. The molecule has 1 aromatic heterocycles. The van der Waals surface area contributed by atoms with Crippen LogP contribution in [0.2, 0.25) is 5.02 Å². The molecular formula is C22H24ClNO9S. The first-order valence-corrected chi connectivity index (χ1v) is 11.2. The van der Waals surface area contributed by atoms with Gasteiger partial charge < -0.3 is 25.2 Å². The van der Waals surface area contributed by atoms with Crippen LogP contribution in [0.3, 0.4) is 0 Å². The molecule has 0 saturated carbocycles. The minimum Gasteiger partial charge on any atom is -0.481 e. The van der Waals surface area contributed by atoms with Crippen molar-refractivity contribution in [3.05, 3.63) is 56.7 Å². The van der Waals surface area contributed by atoms with E-state index in [1.54, 1.807) is 11.3 Å². The van der Waals surface area contributed by atoms with E-state index in [1.165, 1.54) is 17.6 Å². The van der Waals surface area contributed by atoms with E-state index in [9.17, 15) is 19.2 Å². The number of hydrogen-bond acceptors (Lipinski definition) is 8. The van der Waals surface area contributed by atoms with Crippen molar-refractivity contribution in [2.45, 2.75) is 37.5 Å². The van der Waals surface area contributed by atoms with Gasteiger partial charge in [0.05, 0.1) is 20.0 Å². The topological polar surface area (TPSA) is 162 Å². The molecule has 4 N–H and O–H groups in total.